The Morgan fingerprint density at radius 3 is 3.06 bits per heavy atom. The Hall–Kier alpha value is -0.880. The van der Waals surface area contributed by atoms with Crippen LogP contribution < -0.4 is 5.73 Å². The lowest BCUT2D eigenvalue weighted by Gasteiger charge is -1.98. The highest BCUT2D eigenvalue weighted by atomic mass is 79.9. The van der Waals surface area contributed by atoms with E-state index in [1.54, 1.807) is 6.92 Å². The number of nitrogens with zero attached hydrogens (tertiary/aromatic N) is 1. The highest BCUT2D eigenvalue weighted by molar-refractivity contribution is 9.09. The Bertz CT molecular complexity index is 390. The van der Waals surface area contributed by atoms with Crippen LogP contribution in [0.2, 0.25) is 0 Å². The van der Waals surface area contributed by atoms with Crippen molar-refractivity contribution >= 4 is 44.4 Å². The smallest absolute Gasteiger partial charge is 0.358 e. The fourth-order valence-corrected chi connectivity index (χ4v) is 2.08. The molecule has 4 nitrogen and oxygen atoms in total. The third-order valence-corrected chi connectivity index (χ3v) is 2.99. The number of halogens is 1. The topological polar surface area (TPSA) is 65.2 Å². The number of rotatable bonds is 5. The molecule has 0 fully saturated rings. The number of aromatic nitrogens is 1. The Morgan fingerprint density at radius 1 is 1.69 bits per heavy atom. The van der Waals surface area contributed by atoms with Crippen LogP contribution in [0.4, 0.5) is 5.13 Å². The second-order valence-corrected chi connectivity index (χ2v) is 4.72. The molecule has 0 saturated heterocycles. The summed E-state index contributed by atoms with van der Waals surface area (Å²) >= 11 is 4.60. The van der Waals surface area contributed by atoms with Crippen molar-refractivity contribution in [3.8, 4) is 0 Å². The van der Waals surface area contributed by atoms with Crippen molar-refractivity contribution in [1.29, 1.82) is 0 Å². The van der Waals surface area contributed by atoms with E-state index in [0.717, 1.165) is 16.6 Å². The number of ether oxygens (including phenoxy) is 1. The van der Waals surface area contributed by atoms with Gasteiger partial charge >= 0.3 is 5.97 Å². The average Bonchev–Trinajstić information content (AvgIpc) is 2.61. The molecule has 0 atom stereocenters. The van der Waals surface area contributed by atoms with Crippen LogP contribution in [0.3, 0.4) is 0 Å². The van der Waals surface area contributed by atoms with Gasteiger partial charge in [0, 0.05) is 5.33 Å². The average molecular weight is 305 g/mol. The molecule has 0 aliphatic carbocycles. The summed E-state index contributed by atoms with van der Waals surface area (Å²) in [4.78, 5) is 16.2. The zero-order valence-corrected chi connectivity index (χ0v) is 11.3. The summed E-state index contributed by atoms with van der Waals surface area (Å²) in [7, 11) is 0. The van der Waals surface area contributed by atoms with E-state index in [4.69, 9.17) is 10.5 Å². The quantitative estimate of drug-likeness (QED) is 0.671. The van der Waals surface area contributed by atoms with Gasteiger partial charge in [-0.05, 0) is 19.4 Å². The summed E-state index contributed by atoms with van der Waals surface area (Å²) in [6.07, 6.45) is 4.70. The van der Waals surface area contributed by atoms with E-state index in [1.165, 1.54) is 11.3 Å². The van der Waals surface area contributed by atoms with E-state index in [1.807, 2.05) is 12.2 Å². The number of hydrogen-bond acceptors (Lipinski definition) is 5. The van der Waals surface area contributed by atoms with Crippen molar-refractivity contribution in [2.24, 2.45) is 0 Å². The molecule has 0 aromatic carbocycles. The fourth-order valence-electron chi connectivity index (χ4n) is 1.06. The van der Waals surface area contributed by atoms with Gasteiger partial charge in [-0.25, -0.2) is 9.78 Å². The predicted molar refractivity (Wildman–Crippen MR) is 69.9 cm³/mol. The van der Waals surface area contributed by atoms with Gasteiger partial charge in [-0.1, -0.05) is 33.3 Å². The number of allylic oxidation sites excluding steroid dienone is 1. The van der Waals surface area contributed by atoms with E-state index in [0.29, 0.717) is 17.4 Å². The Morgan fingerprint density at radius 2 is 2.44 bits per heavy atom. The monoisotopic (exact) mass is 304 g/mol. The summed E-state index contributed by atoms with van der Waals surface area (Å²) in [5.41, 5.74) is 5.88. The van der Waals surface area contributed by atoms with E-state index in [-0.39, 0.29) is 0 Å². The zero-order chi connectivity index (χ0) is 12.0. The third-order valence-electron chi connectivity index (χ3n) is 1.68. The largest absolute Gasteiger partial charge is 0.461 e. The van der Waals surface area contributed by atoms with Crippen molar-refractivity contribution < 1.29 is 9.53 Å². The molecule has 1 aromatic rings. The van der Waals surface area contributed by atoms with E-state index >= 15 is 0 Å². The summed E-state index contributed by atoms with van der Waals surface area (Å²) in [5.74, 6) is -0.422. The number of carbonyl (C=O) groups excluding carboxylic acids is 1. The van der Waals surface area contributed by atoms with Crippen LogP contribution in [-0.4, -0.2) is 22.9 Å². The van der Waals surface area contributed by atoms with Gasteiger partial charge in [0.05, 0.1) is 11.5 Å². The molecule has 0 radical (unpaired) electrons. The van der Waals surface area contributed by atoms with Gasteiger partial charge in [-0.15, -0.1) is 0 Å². The molecule has 0 saturated carbocycles. The lowest BCUT2D eigenvalue weighted by Crippen LogP contribution is -2.06. The standard InChI is InChI=1S/C10H13BrN2O2S/c1-2-15-9(14)8-7(5-3-4-6-11)16-10(12)13-8/h3,5H,2,4,6H2,1H3,(H2,12,13). The number of alkyl halides is 1. The molecule has 1 aromatic heterocycles. The molecule has 0 aliphatic rings. The molecule has 0 spiro atoms. The molecule has 2 N–H and O–H groups in total. The number of esters is 1. The van der Waals surface area contributed by atoms with Crippen LogP contribution in [0, 0.1) is 0 Å². The van der Waals surface area contributed by atoms with Crippen molar-refractivity contribution in [3.05, 3.63) is 16.6 Å². The fraction of sp³-hybridized carbons (Fsp3) is 0.400. The minimum absolute atomic E-state index is 0.301. The minimum atomic E-state index is -0.422. The minimum Gasteiger partial charge on any atom is -0.461 e. The SMILES string of the molecule is CCOC(=O)c1nc(N)sc1C=CCCBr. The van der Waals surface area contributed by atoms with Crippen molar-refractivity contribution in [3.63, 3.8) is 0 Å². The normalized spacial score (nSPS) is 10.9. The van der Waals surface area contributed by atoms with Crippen molar-refractivity contribution in [2.45, 2.75) is 13.3 Å². The van der Waals surface area contributed by atoms with Gasteiger partial charge in [0.2, 0.25) is 0 Å². The second-order valence-electron chi connectivity index (χ2n) is 2.87. The summed E-state index contributed by atoms with van der Waals surface area (Å²) in [5, 5.41) is 1.26. The third kappa shape index (κ3) is 3.61. The second kappa shape index (κ2) is 6.65. The molecule has 0 unspecified atom stereocenters. The first-order valence-corrected chi connectivity index (χ1v) is 6.78. The number of thiazole rings is 1. The molecule has 0 aliphatic heterocycles. The van der Waals surface area contributed by atoms with Gasteiger partial charge in [0.15, 0.2) is 10.8 Å². The van der Waals surface area contributed by atoms with Crippen molar-refractivity contribution in [1.82, 2.24) is 4.98 Å². The maximum absolute atomic E-state index is 11.5. The number of carbonyl (C=O) groups is 1. The predicted octanol–water partition coefficient (Wildman–Crippen LogP) is 2.70. The van der Waals surface area contributed by atoms with Crippen LogP contribution in [0.1, 0.15) is 28.7 Å². The van der Waals surface area contributed by atoms with E-state index in [9.17, 15) is 4.79 Å². The molecular formula is C10H13BrN2O2S. The lowest BCUT2D eigenvalue weighted by molar-refractivity contribution is 0.0520. The highest BCUT2D eigenvalue weighted by Gasteiger charge is 2.16. The van der Waals surface area contributed by atoms with E-state index in [2.05, 4.69) is 20.9 Å². The molecule has 6 heteroatoms. The first-order chi connectivity index (χ1) is 7.69. The molecule has 1 heterocycles. The van der Waals surface area contributed by atoms with Gasteiger partial charge in [0.25, 0.3) is 0 Å². The van der Waals surface area contributed by atoms with Crippen LogP contribution in [0.15, 0.2) is 6.08 Å². The van der Waals surface area contributed by atoms with Gasteiger partial charge in [-0.3, -0.25) is 0 Å². The van der Waals surface area contributed by atoms with Gasteiger partial charge < -0.3 is 10.5 Å². The Labute approximate surface area is 107 Å². The number of anilines is 1. The molecular weight excluding hydrogens is 292 g/mol. The molecule has 1 rings (SSSR count). The van der Waals surface area contributed by atoms with Gasteiger partial charge in [-0.2, -0.15) is 0 Å². The Kier molecular flexibility index (Phi) is 5.48. The Balaban J connectivity index is 2.86. The maximum atomic E-state index is 11.5. The van der Waals surface area contributed by atoms with Crippen LogP contribution >= 0.6 is 27.3 Å². The number of nitrogens with two attached hydrogens (primary N) is 1. The molecule has 88 valence electrons. The molecule has 0 amide bonds. The first kappa shape index (κ1) is 13.2. The summed E-state index contributed by atoms with van der Waals surface area (Å²) in [6, 6.07) is 0. The lowest BCUT2D eigenvalue weighted by atomic mass is 10.3. The number of nitrogen functional groups attached to an aromatic ring is 1. The summed E-state index contributed by atoms with van der Waals surface area (Å²) in [6.45, 7) is 2.09. The van der Waals surface area contributed by atoms with Crippen LogP contribution in [0.5, 0.6) is 0 Å². The van der Waals surface area contributed by atoms with E-state index < -0.39 is 5.97 Å². The number of hydrogen-bond donors (Lipinski definition) is 1. The first-order valence-electron chi connectivity index (χ1n) is 4.85. The van der Waals surface area contributed by atoms with Crippen LogP contribution in [0.25, 0.3) is 6.08 Å². The zero-order valence-electron chi connectivity index (χ0n) is 8.90. The van der Waals surface area contributed by atoms with Gasteiger partial charge in [0.1, 0.15) is 0 Å². The molecule has 0 bridgehead atoms. The maximum Gasteiger partial charge on any atom is 0.358 e. The highest BCUT2D eigenvalue weighted by Crippen LogP contribution is 2.23. The van der Waals surface area contributed by atoms with Crippen LogP contribution in [-0.2, 0) is 4.74 Å². The van der Waals surface area contributed by atoms with Crippen molar-refractivity contribution in [2.75, 3.05) is 17.7 Å². The summed E-state index contributed by atoms with van der Waals surface area (Å²) < 4.78 is 4.89. The molecule has 16 heavy (non-hydrogen) atoms.